The molecule has 1 aliphatic heterocycles. The molecule has 9 heteroatoms. The van der Waals surface area contributed by atoms with Crippen LogP contribution in [-0.2, 0) is 19.4 Å². The van der Waals surface area contributed by atoms with Gasteiger partial charge in [-0.2, -0.15) is 0 Å². The molecule has 0 saturated carbocycles. The summed E-state index contributed by atoms with van der Waals surface area (Å²) in [5.74, 6) is -0.798. The predicted octanol–water partition coefficient (Wildman–Crippen LogP) is 3.55. The summed E-state index contributed by atoms with van der Waals surface area (Å²) < 4.78 is 31.0. The number of thiazole rings is 1. The predicted molar refractivity (Wildman–Crippen MR) is 110 cm³/mol. The first-order chi connectivity index (χ1) is 13.4. The summed E-state index contributed by atoms with van der Waals surface area (Å²) in [5.41, 5.74) is 0.954. The van der Waals surface area contributed by atoms with E-state index in [4.69, 9.17) is 16.3 Å². The molecule has 1 aromatic heterocycles. The van der Waals surface area contributed by atoms with E-state index in [2.05, 4.69) is 4.98 Å². The number of rotatable bonds is 6. The number of hydrogen-bond donors (Lipinski definition) is 0. The van der Waals surface area contributed by atoms with Gasteiger partial charge in [0.1, 0.15) is 6.10 Å². The molecule has 0 unspecified atom stereocenters. The monoisotopic (exact) mass is 436 g/mol. The number of esters is 1. The van der Waals surface area contributed by atoms with E-state index < -0.39 is 15.8 Å². The third-order valence-corrected chi connectivity index (χ3v) is 7.53. The summed E-state index contributed by atoms with van der Waals surface area (Å²) in [6, 6.07) is 13.8. The number of para-hydroxylation sites is 1. The highest BCUT2D eigenvalue weighted by molar-refractivity contribution is 7.91. The van der Waals surface area contributed by atoms with E-state index in [1.54, 1.807) is 11.3 Å². The highest BCUT2D eigenvalue weighted by Gasteiger charge is 2.32. The fourth-order valence-electron chi connectivity index (χ4n) is 2.89. The molecule has 0 atom stereocenters. The van der Waals surface area contributed by atoms with Crippen molar-refractivity contribution < 1.29 is 17.9 Å². The zero-order chi connectivity index (χ0) is 19.7. The number of hydrogen-bond acceptors (Lipinski definition) is 7. The van der Waals surface area contributed by atoms with Gasteiger partial charge in [0.25, 0.3) is 0 Å². The number of aromatic nitrogens is 1. The molecular weight excluding hydrogens is 420 g/mol. The lowest BCUT2D eigenvalue weighted by atomic mass is 10.2. The third kappa shape index (κ3) is 4.14. The Morgan fingerprint density at radius 2 is 1.89 bits per heavy atom. The summed E-state index contributed by atoms with van der Waals surface area (Å²) in [5, 5.41) is 1.36. The van der Waals surface area contributed by atoms with Crippen LogP contribution in [0.1, 0.15) is 6.42 Å². The molecule has 2 aromatic carbocycles. The number of carbonyl (C=O) groups excluding carboxylic acids is 1. The number of anilines is 1. The first-order valence-corrected chi connectivity index (χ1v) is 11.5. The van der Waals surface area contributed by atoms with Crippen molar-refractivity contribution >= 4 is 54.1 Å². The van der Waals surface area contributed by atoms with Crippen molar-refractivity contribution in [2.45, 2.75) is 17.4 Å². The van der Waals surface area contributed by atoms with Gasteiger partial charge in [0, 0.05) is 5.02 Å². The molecule has 2 heterocycles. The highest BCUT2D eigenvalue weighted by Crippen LogP contribution is 2.31. The molecule has 0 amide bonds. The van der Waals surface area contributed by atoms with E-state index in [1.807, 2.05) is 29.2 Å². The average molecular weight is 437 g/mol. The summed E-state index contributed by atoms with van der Waals surface area (Å²) in [6.45, 7) is 1.13. The summed E-state index contributed by atoms with van der Waals surface area (Å²) >= 11 is 7.37. The number of benzene rings is 2. The van der Waals surface area contributed by atoms with E-state index in [9.17, 15) is 13.2 Å². The lowest BCUT2D eigenvalue weighted by molar-refractivity contribution is -0.149. The zero-order valence-electron chi connectivity index (χ0n) is 14.7. The van der Waals surface area contributed by atoms with Crippen LogP contribution in [-0.4, -0.2) is 44.3 Å². The molecule has 1 saturated heterocycles. The molecule has 1 fully saturated rings. The van der Waals surface area contributed by atoms with Crippen LogP contribution in [0.25, 0.3) is 10.2 Å². The molecule has 3 aromatic rings. The van der Waals surface area contributed by atoms with Crippen molar-refractivity contribution in [3.63, 3.8) is 0 Å². The Labute approximate surface area is 171 Å². The SMILES string of the molecule is O=C(CCS(=O)(=O)c1ccc(Cl)cc1)OC1CN(c2nc3ccccc3s2)C1. The van der Waals surface area contributed by atoms with Crippen molar-refractivity contribution in [1.29, 1.82) is 0 Å². The molecule has 4 rings (SSSR count). The van der Waals surface area contributed by atoms with Gasteiger partial charge in [0.05, 0.1) is 40.4 Å². The van der Waals surface area contributed by atoms with Crippen molar-refractivity contribution in [3.05, 3.63) is 53.6 Å². The number of fused-ring (bicyclic) bond motifs is 1. The van der Waals surface area contributed by atoms with Crippen LogP contribution in [0.15, 0.2) is 53.4 Å². The smallest absolute Gasteiger partial charge is 0.307 e. The fourth-order valence-corrected chi connectivity index (χ4v) is 5.22. The number of sulfone groups is 1. The molecular formula is C19H17ClN2O4S2. The highest BCUT2D eigenvalue weighted by atomic mass is 35.5. The normalized spacial score (nSPS) is 14.8. The number of ether oxygens (including phenoxy) is 1. The van der Waals surface area contributed by atoms with Crippen molar-refractivity contribution in [3.8, 4) is 0 Å². The van der Waals surface area contributed by atoms with Gasteiger partial charge in [0.15, 0.2) is 15.0 Å². The van der Waals surface area contributed by atoms with E-state index in [0.717, 1.165) is 15.3 Å². The van der Waals surface area contributed by atoms with Crippen LogP contribution in [0.2, 0.25) is 5.02 Å². The second kappa shape index (κ2) is 7.69. The maximum absolute atomic E-state index is 12.3. The molecule has 0 bridgehead atoms. The minimum absolute atomic E-state index is 0.148. The van der Waals surface area contributed by atoms with Gasteiger partial charge < -0.3 is 9.64 Å². The van der Waals surface area contributed by atoms with Gasteiger partial charge in [-0.1, -0.05) is 35.1 Å². The molecule has 146 valence electrons. The lowest BCUT2D eigenvalue weighted by Crippen LogP contribution is -2.53. The molecule has 28 heavy (non-hydrogen) atoms. The Morgan fingerprint density at radius 1 is 1.18 bits per heavy atom. The average Bonchev–Trinajstić information content (AvgIpc) is 3.06. The second-order valence-corrected chi connectivity index (χ2v) is 10.1. The maximum Gasteiger partial charge on any atom is 0.307 e. The summed E-state index contributed by atoms with van der Waals surface area (Å²) in [6.07, 6.45) is -0.416. The molecule has 0 N–H and O–H groups in total. The van der Waals surface area contributed by atoms with Gasteiger partial charge in [-0.05, 0) is 36.4 Å². The first-order valence-electron chi connectivity index (χ1n) is 8.69. The molecule has 1 aliphatic rings. The second-order valence-electron chi connectivity index (χ2n) is 6.50. The van der Waals surface area contributed by atoms with E-state index in [1.165, 1.54) is 24.3 Å². The van der Waals surface area contributed by atoms with Crippen LogP contribution >= 0.6 is 22.9 Å². The molecule has 6 nitrogen and oxygen atoms in total. The standard InChI is InChI=1S/C19H17ClN2O4S2/c20-13-5-7-15(8-6-13)28(24,25)10-9-18(23)26-14-11-22(12-14)19-21-16-3-1-2-4-17(16)27-19/h1-8,14H,9-12H2. The van der Waals surface area contributed by atoms with Gasteiger partial charge in [-0.25, -0.2) is 13.4 Å². The Morgan fingerprint density at radius 3 is 2.61 bits per heavy atom. The molecule has 0 radical (unpaired) electrons. The van der Waals surface area contributed by atoms with Gasteiger partial charge in [-0.15, -0.1) is 0 Å². The zero-order valence-corrected chi connectivity index (χ0v) is 17.1. The number of halogens is 1. The summed E-state index contributed by atoms with van der Waals surface area (Å²) in [7, 11) is -3.54. The van der Waals surface area contributed by atoms with Crippen molar-refractivity contribution in [2.75, 3.05) is 23.7 Å². The van der Waals surface area contributed by atoms with Crippen molar-refractivity contribution in [1.82, 2.24) is 4.98 Å². The quantitative estimate of drug-likeness (QED) is 0.550. The Bertz CT molecular complexity index is 1070. The van der Waals surface area contributed by atoms with Crippen LogP contribution in [0, 0.1) is 0 Å². The Hall–Kier alpha value is -2.16. The Kier molecular flexibility index (Phi) is 5.27. The van der Waals surface area contributed by atoms with Crippen molar-refractivity contribution in [2.24, 2.45) is 0 Å². The summed E-state index contributed by atoms with van der Waals surface area (Å²) in [4.78, 5) is 18.8. The van der Waals surface area contributed by atoms with Crippen LogP contribution < -0.4 is 4.90 Å². The third-order valence-electron chi connectivity index (χ3n) is 4.45. The Balaban J connectivity index is 1.26. The van der Waals surface area contributed by atoms with E-state index in [0.29, 0.717) is 18.1 Å². The van der Waals surface area contributed by atoms with E-state index >= 15 is 0 Å². The van der Waals surface area contributed by atoms with Crippen LogP contribution in [0.4, 0.5) is 5.13 Å². The first kappa shape index (κ1) is 19.2. The number of nitrogens with zero attached hydrogens (tertiary/aromatic N) is 2. The maximum atomic E-state index is 12.3. The molecule has 0 spiro atoms. The minimum atomic E-state index is -3.54. The van der Waals surface area contributed by atoms with E-state index in [-0.39, 0.29) is 23.2 Å². The van der Waals surface area contributed by atoms with Gasteiger partial charge >= 0.3 is 5.97 Å². The van der Waals surface area contributed by atoms with Gasteiger partial charge in [-0.3, -0.25) is 4.79 Å². The fraction of sp³-hybridized carbons (Fsp3) is 0.263. The van der Waals surface area contributed by atoms with Crippen LogP contribution in [0.3, 0.4) is 0 Å². The largest absolute Gasteiger partial charge is 0.459 e. The number of carbonyl (C=O) groups is 1. The lowest BCUT2D eigenvalue weighted by Gasteiger charge is -2.38. The van der Waals surface area contributed by atoms with Crippen LogP contribution in [0.5, 0.6) is 0 Å². The topological polar surface area (TPSA) is 76.6 Å². The van der Waals surface area contributed by atoms with Gasteiger partial charge in [0.2, 0.25) is 0 Å². The minimum Gasteiger partial charge on any atom is -0.459 e. The molecule has 0 aliphatic carbocycles.